The van der Waals surface area contributed by atoms with Gasteiger partial charge in [0.15, 0.2) is 0 Å². The van der Waals surface area contributed by atoms with Crippen LogP contribution in [-0.4, -0.2) is 25.6 Å². The van der Waals surface area contributed by atoms with E-state index in [2.05, 4.69) is 15.2 Å². The molecule has 4 nitrogen and oxygen atoms in total. The number of halogens is 1. The Hall–Kier alpha value is -1.69. The fraction of sp³-hybridized carbons (Fsp3) is 0.100. The summed E-state index contributed by atoms with van der Waals surface area (Å²) in [7, 11) is -1.24. The first-order valence-electron chi connectivity index (χ1n) is 4.46. The Morgan fingerprint density at radius 3 is 2.38 bits per heavy atom. The molecule has 1 heterocycles. The lowest BCUT2D eigenvalue weighted by Crippen LogP contribution is -1.99. The molecule has 2 aromatic rings. The van der Waals surface area contributed by atoms with Crippen molar-refractivity contribution < 1.29 is 8.60 Å². The van der Waals surface area contributed by atoms with E-state index in [4.69, 9.17) is 0 Å². The van der Waals surface area contributed by atoms with Crippen LogP contribution >= 0.6 is 0 Å². The molecule has 16 heavy (non-hydrogen) atoms. The van der Waals surface area contributed by atoms with Gasteiger partial charge in [-0.1, -0.05) is 0 Å². The second-order valence-electron chi connectivity index (χ2n) is 3.09. The molecule has 0 bridgehead atoms. The predicted octanol–water partition coefficient (Wildman–Crippen LogP) is 1.42. The number of hydrogen-bond donors (Lipinski definition) is 0. The second kappa shape index (κ2) is 4.44. The third-order valence-electron chi connectivity index (χ3n) is 1.94. The van der Waals surface area contributed by atoms with Crippen LogP contribution < -0.4 is 0 Å². The van der Waals surface area contributed by atoms with E-state index >= 15 is 0 Å². The highest BCUT2D eigenvalue weighted by Crippen LogP contribution is 2.15. The van der Waals surface area contributed by atoms with Crippen LogP contribution in [-0.2, 0) is 10.8 Å². The van der Waals surface area contributed by atoms with Crippen LogP contribution in [0.3, 0.4) is 0 Å². The highest BCUT2D eigenvalue weighted by molar-refractivity contribution is 7.84. The van der Waals surface area contributed by atoms with Crippen LogP contribution in [0, 0.1) is 5.82 Å². The van der Waals surface area contributed by atoms with E-state index in [1.807, 2.05) is 0 Å². The molecule has 0 radical (unpaired) electrons. The Labute approximate surface area is 94.0 Å². The molecule has 0 saturated heterocycles. The third-order valence-corrected chi connectivity index (χ3v) is 2.64. The summed E-state index contributed by atoms with van der Waals surface area (Å²) in [4.78, 5) is 3.91. The highest BCUT2D eigenvalue weighted by Gasteiger charge is 2.04. The molecule has 0 fully saturated rings. The lowest BCUT2D eigenvalue weighted by Gasteiger charge is -1.99. The number of rotatable bonds is 2. The first-order valence-corrected chi connectivity index (χ1v) is 6.02. The van der Waals surface area contributed by atoms with Crippen molar-refractivity contribution in [2.45, 2.75) is 5.16 Å². The minimum Gasteiger partial charge on any atom is -0.251 e. The zero-order valence-electron chi connectivity index (χ0n) is 8.42. The largest absolute Gasteiger partial charge is 0.251 e. The number of nitrogens with zero attached hydrogens (tertiary/aromatic N) is 3. The molecule has 0 saturated carbocycles. The van der Waals surface area contributed by atoms with Crippen LogP contribution in [0.2, 0.25) is 0 Å². The highest BCUT2D eigenvalue weighted by atomic mass is 32.2. The summed E-state index contributed by atoms with van der Waals surface area (Å²) < 4.78 is 23.7. The minimum absolute atomic E-state index is 0.186. The molecule has 0 spiro atoms. The van der Waals surface area contributed by atoms with Gasteiger partial charge in [-0.05, 0) is 24.3 Å². The Kier molecular flexibility index (Phi) is 3.00. The van der Waals surface area contributed by atoms with Crippen LogP contribution in [0.1, 0.15) is 0 Å². The second-order valence-corrected chi connectivity index (χ2v) is 4.36. The van der Waals surface area contributed by atoms with Crippen molar-refractivity contribution in [2.24, 2.45) is 0 Å². The summed E-state index contributed by atoms with van der Waals surface area (Å²) in [6.45, 7) is 0. The van der Waals surface area contributed by atoms with Crippen LogP contribution in [0.15, 0.2) is 35.6 Å². The molecule has 0 aliphatic heterocycles. The van der Waals surface area contributed by atoms with Crippen molar-refractivity contribution in [3.63, 3.8) is 0 Å². The van der Waals surface area contributed by atoms with E-state index in [9.17, 15) is 8.60 Å². The average molecular weight is 237 g/mol. The lowest BCUT2D eigenvalue weighted by molar-refractivity contribution is 0.628. The van der Waals surface area contributed by atoms with Gasteiger partial charge in [-0.2, -0.15) is 0 Å². The molecule has 82 valence electrons. The van der Waals surface area contributed by atoms with E-state index in [1.165, 1.54) is 24.6 Å². The van der Waals surface area contributed by atoms with E-state index in [-0.39, 0.29) is 11.0 Å². The van der Waals surface area contributed by atoms with Gasteiger partial charge >= 0.3 is 0 Å². The normalized spacial score (nSPS) is 12.4. The van der Waals surface area contributed by atoms with Crippen molar-refractivity contribution in [1.29, 1.82) is 0 Å². The standard InChI is InChI=1S/C10H8FN3OS/c1-16(15)10-12-6-9(13-14-10)7-2-4-8(11)5-3-7/h2-6H,1H3. The fourth-order valence-corrected chi connectivity index (χ4v) is 1.51. The fourth-order valence-electron chi connectivity index (χ4n) is 1.15. The average Bonchev–Trinajstić information content (AvgIpc) is 2.30. The molecule has 0 aliphatic carbocycles. The summed E-state index contributed by atoms with van der Waals surface area (Å²) in [6, 6.07) is 5.85. The monoisotopic (exact) mass is 237 g/mol. The number of aromatic nitrogens is 3. The quantitative estimate of drug-likeness (QED) is 0.792. The molecular formula is C10H8FN3OS. The summed E-state index contributed by atoms with van der Waals surface area (Å²) in [6.07, 6.45) is 2.95. The minimum atomic E-state index is -1.24. The Morgan fingerprint density at radius 1 is 1.19 bits per heavy atom. The van der Waals surface area contributed by atoms with Gasteiger partial charge in [0.25, 0.3) is 0 Å². The summed E-state index contributed by atoms with van der Waals surface area (Å²) in [5.74, 6) is -0.309. The Bertz CT molecular complexity index is 513. The molecule has 0 amide bonds. The van der Waals surface area contributed by atoms with Gasteiger partial charge < -0.3 is 0 Å². The maximum absolute atomic E-state index is 12.7. The molecule has 0 aliphatic rings. The van der Waals surface area contributed by atoms with Gasteiger partial charge in [0, 0.05) is 11.8 Å². The molecular weight excluding hydrogens is 229 g/mol. The first-order chi connectivity index (χ1) is 7.66. The maximum Gasteiger partial charge on any atom is 0.239 e. The molecule has 6 heteroatoms. The maximum atomic E-state index is 12.7. The van der Waals surface area contributed by atoms with Gasteiger partial charge in [-0.15, -0.1) is 10.2 Å². The van der Waals surface area contributed by atoms with Crippen LogP contribution in [0.4, 0.5) is 4.39 Å². The van der Waals surface area contributed by atoms with Gasteiger partial charge in [0.05, 0.1) is 17.0 Å². The van der Waals surface area contributed by atoms with Crippen LogP contribution in [0.25, 0.3) is 11.3 Å². The van der Waals surface area contributed by atoms with Crippen molar-refractivity contribution >= 4 is 10.8 Å². The molecule has 1 aromatic heterocycles. The topological polar surface area (TPSA) is 55.7 Å². The van der Waals surface area contributed by atoms with Crippen molar-refractivity contribution in [1.82, 2.24) is 15.2 Å². The van der Waals surface area contributed by atoms with E-state index in [1.54, 1.807) is 12.1 Å². The van der Waals surface area contributed by atoms with Crippen molar-refractivity contribution in [2.75, 3.05) is 6.26 Å². The zero-order valence-corrected chi connectivity index (χ0v) is 9.24. The Balaban J connectivity index is 2.34. The summed E-state index contributed by atoms with van der Waals surface area (Å²) >= 11 is 0. The van der Waals surface area contributed by atoms with Crippen molar-refractivity contribution in [3.05, 3.63) is 36.3 Å². The lowest BCUT2D eigenvalue weighted by atomic mass is 10.2. The summed E-state index contributed by atoms with van der Waals surface area (Å²) in [5, 5.41) is 7.78. The third kappa shape index (κ3) is 2.27. The van der Waals surface area contributed by atoms with Gasteiger partial charge in [0.2, 0.25) is 5.16 Å². The van der Waals surface area contributed by atoms with Gasteiger partial charge in [0.1, 0.15) is 11.5 Å². The summed E-state index contributed by atoms with van der Waals surface area (Å²) in [5.41, 5.74) is 1.24. The SMILES string of the molecule is CS(=O)c1ncc(-c2ccc(F)cc2)nn1. The molecule has 2 rings (SSSR count). The van der Waals surface area contributed by atoms with Gasteiger partial charge in [-0.25, -0.2) is 9.37 Å². The van der Waals surface area contributed by atoms with Crippen molar-refractivity contribution in [3.8, 4) is 11.3 Å². The number of hydrogen-bond acceptors (Lipinski definition) is 4. The van der Waals surface area contributed by atoms with Crippen LogP contribution in [0.5, 0.6) is 0 Å². The molecule has 1 aromatic carbocycles. The Morgan fingerprint density at radius 2 is 1.88 bits per heavy atom. The van der Waals surface area contributed by atoms with E-state index < -0.39 is 10.8 Å². The first kappa shape index (κ1) is 10.8. The number of benzene rings is 1. The molecule has 1 unspecified atom stereocenters. The molecule has 1 atom stereocenters. The smallest absolute Gasteiger partial charge is 0.239 e. The molecule has 0 N–H and O–H groups in total. The van der Waals surface area contributed by atoms with Gasteiger partial charge in [-0.3, -0.25) is 4.21 Å². The van der Waals surface area contributed by atoms with E-state index in [0.29, 0.717) is 5.69 Å². The van der Waals surface area contributed by atoms with E-state index in [0.717, 1.165) is 5.56 Å². The predicted molar refractivity (Wildman–Crippen MR) is 57.6 cm³/mol. The zero-order chi connectivity index (χ0) is 11.5.